The zero-order valence-electron chi connectivity index (χ0n) is 32.0. The van der Waals surface area contributed by atoms with Crippen LogP contribution in [0.5, 0.6) is 5.75 Å². The fraction of sp³-hybridized carbons (Fsp3) is 0.500. The van der Waals surface area contributed by atoms with Crippen molar-refractivity contribution in [3.05, 3.63) is 66.2 Å². The molecule has 14 nitrogen and oxygen atoms in total. The van der Waals surface area contributed by atoms with E-state index < -0.39 is 17.9 Å². The van der Waals surface area contributed by atoms with Crippen molar-refractivity contribution in [3.8, 4) is 16.9 Å². The Labute approximate surface area is 318 Å². The van der Waals surface area contributed by atoms with E-state index in [1.54, 1.807) is 12.1 Å². The molecule has 3 rings (SSSR count). The minimum absolute atomic E-state index is 0.00132. The lowest BCUT2D eigenvalue weighted by atomic mass is 9.95. The molecule has 0 bridgehead atoms. The lowest BCUT2D eigenvalue weighted by Crippen LogP contribution is -2.39. The third-order valence-electron chi connectivity index (χ3n) is 7.72. The molecule has 0 aromatic heterocycles. The molecule has 2 amide bonds. The lowest BCUT2D eigenvalue weighted by Gasteiger charge is -2.19. The van der Waals surface area contributed by atoms with Crippen LogP contribution in [0, 0.1) is 0 Å². The zero-order chi connectivity index (χ0) is 39.4. The van der Waals surface area contributed by atoms with Crippen molar-refractivity contribution in [1.82, 2.24) is 10.6 Å². The highest BCUT2D eigenvalue weighted by atomic mass is 16.6. The molecule has 0 spiro atoms. The fourth-order valence-corrected chi connectivity index (χ4v) is 5.21. The number of aliphatic imine (C=N–C) groups is 1. The molecule has 0 aliphatic carbocycles. The maximum absolute atomic E-state index is 12.7. The quantitative estimate of drug-likeness (QED) is 0.0414. The fourth-order valence-electron chi connectivity index (χ4n) is 5.21. The van der Waals surface area contributed by atoms with E-state index in [2.05, 4.69) is 22.5 Å². The van der Waals surface area contributed by atoms with Crippen molar-refractivity contribution in [1.29, 1.82) is 0 Å². The molecular weight excluding hydrogens is 694 g/mol. The highest BCUT2D eigenvalue weighted by Gasteiger charge is 2.19. The molecule has 1 unspecified atom stereocenters. The first kappa shape index (κ1) is 45.4. The monoisotopic (exact) mass is 753 g/mol. The van der Waals surface area contributed by atoms with E-state index in [1.807, 2.05) is 62.4 Å². The first-order valence-electron chi connectivity index (χ1n) is 18.7. The van der Waals surface area contributed by atoms with E-state index in [9.17, 15) is 19.5 Å². The number of nitrogens with one attached hydrogen (secondary N) is 2. The highest BCUT2D eigenvalue weighted by Crippen LogP contribution is 2.35. The van der Waals surface area contributed by atoms with Gasteiger partial charge in [-0.25, -0.2) is 0 Å². The SMILES string of the molecule is CC.CCCOCCOCCOCCOCCOc1ccc(-c2ccc(C(CC(=O)O)NC(=O)CNC(=O)CCCCN=C(N)N)cc2)c2ccccc12. The van der Waals surface area contributed by atoms with E-state index in [4.69, 9.17) is 35.2 Å². The molecule has 298 valence electrons. The van der Waals surface area contributed by atoms with Crippen molar-refractivity contribution < 1.29 is 43.2 Å². The first-order valence-corrected chi connectivity index (χ1v) is 18.7. The number of nitrogens with zero attached hydrogens (tertiary/aromatic N) is 1. The molecule has 0 fully saturated rings. The van der Waals surface area contributed by atoms with Crippen LogP contribution in [0.4, 0.5) is 0 Å². The number of unbranched alkanes of at least 4 members (excludes halogenated alkanes) is 1. The molecule has 0 saturated carbocycles. The second-order valence-corrected chi connectivity index (χ2v) is 11.8. The third kappa shape index (κ3) is 18.3. The van der Waals surface area contributed by atoms with Crippen LogP contribution in [0.3, 0.4) is 0 Å². The summed E-state index contributed by atoms with van der Waals surface area (Å²) in [5.41, 5.74) is 13.1. The molecule has 7 N–H and O–H groups in total. The number of benzene rings is 3. The Bertz CT molecular complexity index is 1550. The Kier molecular flexibility index (Phi) is 23.4. The van der Waals surface area contributed by atoms with Gasteiger partial charge in [-0.2, -0.15) is 0 Å². The second kappa shape index (κ2) is 27.8. The second-order valence-electron chi connectivity index (χ2n) is 11.8. The number of guanidine groups is 1. The number of carboxylic acids is 1. The van der Waals surface area contributed by atoms with Gasteiger partial charge in [0.2, 0.25) is 11.8 Å². The number of fused-ring (bicyclic) bond motifs is 1. The number of carbonyl (C=O) groups excluding carboxylic acids is 2. The van der Waals surface area contributed by atoms with Crippen molar-refractivity contribution in [2.45, 2.75) is 58.9 Å². The van der Waals surface area contributed by atoms with Crippen LogP contribution in [-0.2, 0) is 33.3 Å². The van der Waals surface area contributed by atoms with Gasteiger partial charge in [-0.15, -0.1) is 0 Å². The van der Waals surface area contributed by atoms with Crippen LogP contribution < -0.4 is 26.8 Å². The number of hydrogen-bond acceptors (Lipinski definition) is 9. The molecule has 3 aromatic rings. The Morgan fingerprint density at radius 1 is 0.741 bits per heavy atom. The van der Waals surface area contributed by atoms with E-state index in [-0.39, 0.29) is 31.3 Å². The number of ether oxygens (including phenoxy) is 5. The summed E-state index contributed by atoms with van der Waals surface area (Å²) >= 11 is 0. The van der Waals surface area contributed by atoms with Crippen LogP contribution in [0.2, 0.25) is 0 Å². The molecule has 54 heavy (non-hydrogen) atoms. The molecule has 14 heteroatoms. The molecule has 0 heterocycles. The average molecular weight is 754 g/mol. The Hall–Kier alpha value is -4.76. The molecule has 0 radical (unpaired) electrons. The van der Waals surface area contributed by atoms with E-state index >= 15 is 0 Å². The van der Waals surface area contributed by atoms with Crippen LogP contribution >= 0.6 is 0 Å². The Morgan fingerprint density at radius 3 is 1.93 bits per heavy atom. The summed E-state index contributed by atoms with van der Waals surface area (Å²) in [5, 5.41) is 16.8. The van der Waals surface area contributed by atoms with Crippen molar-refractivity contribution in [3.63, 3.8) is 0 Å². The van der Waals surface area contributed by atoms with Crippen LogP contribution in [-0.4, -0.2) is 101 Å². The van der Waals surface area contributed by atoms with Crippen molar-refractivity contribution in [2.24, 2.45) is 16.5 Å². The summed E-state index contributed by atoms with van der Waals surface area (Å²) in [7, 11) is 0. The number of hydrogen-bond donors (Lipinski definition) is 5. The third-order valence-corrected chi connectivity index (χ3v) is 7.72. The number of amides is 2. The van der Waals surface area contributed by atoms with Gasteiger partial charge in [-0.3, -0.25) is 19.4 Å². The maximum atomic E-state index is 12.7. The number of nitrogens with two attached hydrogens (primary N) is 2. The number of rotatable bonds is 27. The summed E-state index contributed by atoms with van der Waals surface area (Å²) in [4.78, 5) is 40.3. The molecular formula is C40H59N5O9. The summed E-state index contributed by atoms with van der Waals surface area (Å²) in [6.45, 7) is 10.9. The van der Waals surface area contributed by atoms with Gasteiger partial charge < -0.3 is 50.9 Å². The van der Waals surface area contributed by atoms with E-state index in [0.29, 0.717) is 77.8 Å². The highest BCUT2D eigenvalue weighted by molar-refractivity contribution is 6.00. The van der Waals surface area contributed by atoms with Crippen LogP contribution in [0.25, 0.3) is 21.9 Å². The minimum Gasteiger partial charge on any atom is -0.491 e. The maximum Gasteiger partial charge on any atom is 0.305 e. The summed E-state index contributed by atoms with van der Waals surface area (Å²) < 4.78 is 28.1. The Balaban J connectivity index is 0.00000495. The van der Waals surface area contributed by atoms with Crippen molar-refractivity contribution >= 4 is 34.5 Å². The van der Waals surface area contributed by atoms with Gasteiger partial charge in [0.25, 0.3) is 0 Å². The lowest BCUT2D eigenvalue weighted by molar-refractivity contribution is -0.138. The average Bonchev–Trinajstić information content (AvgIpc) is 3.17. The number of carbonyl (C=O) groups is 3. The first-order chi connectivity index (χ1) is 26.3. The largest absolute Gasteiger partial charge is 0.491 e. The molecule has 0 aliphatic rings. The van der Waals surface area contributed by atoms with Gasteiger partial charge in [-0.05, 0) is 47.4 Å². The minimum atomic E-state index is -1.07. The predicted molar refractivity (Wildman–Crippen MR) is 210 cm³/mol. The van der Waals surface area contributed by atoms with Gasteiger partial charge in [0, 0.05) is 25.0 Å². The zero-order valence-corrected chi connectivity index (χ0v) is 32.0. The standard InChI is InChI=1S/C38H53N5O9.C2H6/c1-2-17-48-18-19-49-20-21-50-22-23-51-24-25-52-34-15-14-30(31-7-3-4-8-32(31)34)28-10-12-29(13-11-28)33(26-37(46)47)43-36(45)27-42-35(44)9-5-6-16-41-38(39)40;1-2/h3-4,7-8,10-15,33H,2,5-6,9,16-27H2,1H3,(H,42,44)(H,43,45)(H,46,47)(H4,39,40,41);1-2H3. The smallest absolute Gasteiger partial charge is 0.305 e. The van der Waals surface area contributed by atoms with Gasteiger partial charge in [-0.1, -0.05) is 75.4 Å². The summed E-state index contributed by atoms with van der Waals surface area (Å²) in [6, 6.07) is 18.5. The molecule has 0 saturated heterocycles. The number of carboxylic acid groups (broad SMARTS) is 1. The molecule has 0 aliphatic heterocycles. The predicted octanol–water partition coefficient (Wildman–Crippen LogP) is 4.58. The van der Waals surface area contributed by atoms with Gasteiger partial charge >= 0.3 is 5.97 Å². The van der Waals surface area contributed by atoms with Gasteiger partial charge in [0.1, 0.15) is 12.4 Å². The normalized spacial score (nSPS) is 11.2. The van der Waals surface area contributed by atoms with E-state index in [0.717, 1.165) is 40.7 Å². The summed E-state index contributed by atoms with van der Waals surface area (Å²) in [5.74, 6) is -1.12. The molecule has 3 aromatic carbocycles. The van der Waals surface area contributed by atoms with E-state index in [1.165, 1.54) is 0 Å². The van der Waals surface area contributed by atoms with Gasteiger partial charge in [0.05, 0.1) is 65.3 Å². The van der Waals surface area contributed by atoms with Gasteiger partial charge in [0.15, 0.2) is 5.96 Å². The van der Waals surface area contributed by atoms with Crippen LogP contribution in [0.1, 0.15) is 64.5 Å². The molecule has 1 atom stereocenters. The van der Waals surface area contributed by atoms with Crippen molar-refractivity contribution in [2.75, 3.05) is 72.6 Å². The number of aliphatic carboxylic acids is 1. The topological polar surface area (TPSA) is 206 Å². The summed E-state index contributed by atoms with van der Waals surface area (Å²) in [6.07, 6.45) is 2.08. The Morgan fingerprint density at radius 2 is 1.33 bits per heavy atom. The van der Waals surface area contributed by atoms with Crippen LogP contribution in [0.15, 0.2) is 65.7 Å².